The maximum absolute atomic E-state index is 14.1. The fourth-order valence-electron chi connectivity index (χ4n) is 7.20. The Balaban J connectivity index is 1.43. The first-order valence-electron chi connectivity index (χ1n) is 17.2. The number of halogens is 2. The van der Waals surface area contributed by atoms with Crippen LogP contribution in [0.3, 0.4) is 0 Å². The Morgan fingerprint density at radius 2 is 1.86 bits per heavy atom. The predicted molar refractivity (Wildman–Crippen MR) is 189 cm³/mol. The summed E-state index contributed by atoms with van der Waals surface area (Å²) in [5.74, 6) is 1.65. The van der Waals surface area contributed by atoms with Gasteiger partial charge in [-0.15, -0.1) is 9.69 Å². The molecule has 7 rings (SSSR count). The number of amides is 2. The number of urea groups is 1. The third-order valence-electron chi connectivity index (χ3n) is 9.51. The average Bonchev–Trinajstić information content (AvgIpc) is 3.86. The zero-order valence-corrected chi connectivity index (χ0v) is 29.4. The number of allylic oxidation sites excluding steroid dienone is 2. The van der Waals surface area contributed by atoms with Crippen molar-refractivity contribution in [3.8, 4) is 5.75 Å². The number of nitrogens with zero attached hydrogens (tertiary/aromatic N) is 6. The van der Waals surface area contributed by atoms with Crippen molar-refractivity contribution in [1.29, 1.82) is 0 Å². The predicted octanol–water partition coefficient (Wildman–Crippen LogP) is 4.29. The minimum Gasteiger partial charge on any atom is -0.487 e. The van der Waals surface area contributed by atoms with Crippen LogP contribution in [0.2, 0.25) is 10.0 Å². The molecule has 3 saturated heterocycles. The molecule has 2 unspecified atom stereocenters. The number of nitrogens with one attached hydrogen (secondary N) is 2. The highest BCUT2D eigenvalue weighted by Crippen LogP contribution is 2.40. The maximum atomic E-state index is 14.1. The number of hydrazine groups is 3. The summed E-state index contributed by atoms with van der Waals surface area (Å²) in [6.45, 7) is 8.12. The molecule has 2 amide bonds. The number of rotatable bonds is 12. The van der Waals surface area contributed by atoms with Gasteiger partial charge in [0, 0.05) is 31.1 Å². The Kier molecular flexibility index (Phi) is 10.6. The molecule has 0 bridgehead atoms. The second kappa shape index (κ2) is 15.3. The number of amidine groups is 1. The highest BCUT2D eigenvalue weighted by Gasteiger charge is 2.62. The Bertz CT molecular complexity index is 1570. The summed E-state index contributed by atoms with van der Waals surface area (Å²) >= 11 is 13.5. The average molecular weight is 713 g/mol. The van der Waals surface area contributed by atoms with Crippen molar-refractivity contribution in [2.24, 2.45) is 0 Å². The summed E-state index contributed by atoms with van der Waals surface area (Å²) in [5, 5.41) is 13.5. The molecule has 4 aliphatic heterocycles. The lowest BCUT2D eigenvalue weighted by Gasteiger charge is -2.41. The van der Waals surface area contributed by atoms with Gasteiger partial charge in [-0.3, -0.25) is 10.3 Å². The Morgan fingerprint density at radius 1 is 1.06 bits per heavy atom. The van der Waals surface area contributed by atoms with E-state index in [4.69, 9.17) is 37.4 Å². The number of hydrogen-bond donors (Lipinski definition) is 2. The van der Waals surface area contributed by atoms with Gasteiger partial charge in [-0.05, 0) is 42.8 Å². The van der Waals surface area contributed by atoms with Gasteiger partial charge in [-0.1, -0.05) is 73.0 Å². The number of piperazine rings is 1. The smallest absolute Gasteiger partial charge is 0.334 e. The van der Waals surface area contributed by atoms with Crippen LogP contribution in [0.5, 0.6) is 5.75 Å². The van der Waals surface area contributed by atoms with E-state index in [-0.39, 0.29) is 12.6 Å². The van der Waals surface area contributed by atoms with E-state index >= 15 is 0 Å². The van der Waals surface area contributed by atoms with Gasteiger partial charge in [0.05, 0.1) is 38.0 Å². The van der Waals surface area contributed by atoms with Crippen LogP contribution >= 0.6 is 23.2 Å². The number of para-hydroxylation sites is 1. The monoisotopic (exact) mass is 711 g/mol. The summed E-state index contributed by atoms with van der Waals surface area (Å²) in [6.07, 6.45) is 10.0. The van der Waals surface area contributed by atoms with Crippen molar-refractivity contribution >= 4 is 40.8 Å². The molecule has 0 spiro atoms. The van der Waals surface area contributed by atoms with E-state index in [1.165, 1.54) is 0 Å². The van der Waals surface area contributed by atoms with E-state index in [2.05, 4.69) is 49.5 Å². The lowest BCUT2D eigenvalue weighted by atomic mass is 9.87. The van der Waals surface area contributed by atoms with Crippen LogP contribution < -0.4 is 20.5 Å². The van der Waals surface area contributed by atoms with Crippen molar-refractivity contribution in [3.05, 3.63) is 82.9 Å². The Hall–Kier alpha value is -3.36. The third kappa shape index (κ3) is 7.01. The highest BCUT2D eigenvalue weighted by atomic mass is 35.5. The molecule has 2 aromatic carbocycles. The largest absolute Gasteiger partial charge is 0.487 e. The molecule has 2 atom stereocenters. The molecule has 262 valence electrons. The number of hydrogen-bond acceptors (Lipinski definition) is 9. The lowest BCUT2D eigenvalue weighted by molar-refractivity contribution is -0.555. The molecule has 14 heteroatoms. The summed E-state index contributed by atoms with van der Waals surface area (Å²) in [7, 11) is 0. The van der Waals surface area contributed by atoms with Gasteiger partial charge in [0.25, 0.3) is 6.17 Å². The van der Waals surface area contributed by atoms with E-state index in [1.54, 1.807) is 6.07 Å². The zero-order chi connectivity index (χ0) is 33.8. The minimum absolute atomic E-state index is 0.141. The summed E-state index contributed by atoms with van der Waals surface area (Å²) in [4.78, 5) is 16.1. The van der Waals surface area contributed by atoms with Crippen molar-refractivity contribution in [2.75, 3.05) is 70.8 Å². The van der Waals surface area contributed by atoms with Crippen LogP contribution in [0.15, 0.2) is 72.8 Å². The van der Waals surface area contributed by atoms with E-state index in [1.807, 2.05) is 64.5 Å². The van der Waals surface area contributed by atoms with Gasteiger partial charge in [-0.2, -0.15) is 10.0 Å². The first kappa shape index (κ1) is 34.1. The fourth-order valence-corrected chi connectivity index (χ4v) is 7.69. The molecule has 4 heterocycles. The molecule has 0 aromatic heterocycles. The quantitative estimate of drug-likeness (QED) is 0.313. The number of benzene rings is 2. The van der Waals surface area contributed by atoms with Crippen LogP contribution in [0.1, 0.15) is 26.2 Å². The molecule has 0 saturated carbocycles. The lowest BCUT2D eigenvalue weighted by Crippen LogP contribution is -2.66. The van der Waals surface area contributed by atoms with Crippen LogP contribution in [0.4, 0.5) is 10.5 Å². The Labute approximate surface area is 297 Å². The van der Waals surface area contributed by atoms with Crippen LogP contribution in [-0.4, -0.2) is 120 Å². The molecule has 5 aliphatic rings. The number of hydrazone groups is 1. The first-order valence-corrected chi connectivity index (χ1v) is 18.0. The van der Waals surface area contributed by atoms with Crippen molar-refractivity contribution in [2.45, 2.75) is 44.2 Å². The maximum Gasteiger partial charge on any atom is 0.334 e. The van der Waals surface area contributed by atoms with Gasteiger partial charge < -0.3 is 19.5 Å². The number of ether oxygens (including phenoxy) is 3. The molecule has 3 fully saturated rings. The van der Waals surface area contributed by atoms with E-state index < -0.39 is 18.0 Å². The van der Waals surface area contributed by atoms with Crippen LogP contribution in [0, 0.1) is 0 Å². The van der Waals surface area contributed by atoms with Gasteiger partial charge in [-0.25, -0.2) is 9.80 Å². The normalized spacial score (nSPS) is 25.2. The minimum atomic E-state index is -0.887. The van der Waals surface area contributed by atoms with Crippen molar-refractivity contribution < 1.29 is 23.7 Å². The molecule has 1 aliphatic carbocycles. The second-order valence-corrected chi connectivity index (χ2v) is 13.5. The van der Waals surface area contributed by atoms with Gasteiger partial charge in [0.1, 0.15) is 11.4 Å². The summed E-state index contributed by atoms with van der Waals surface area (Å²) in [6, 6.07) is 15.2. The van der Waals surface area contributed by atoms with Crippen molar-refractivity contribution in [1.82, 2.24) is 30.7 Å². The summed E-state index contributed by atoms with van der Waals surface area (Å²) in [5.41, 5.74) is 3.01. The second-order valence-electron chi connectivity index (χ2n) is 12.7. The topological polar surface area (TPSA) is 88.0 Å². The molecule has 2 N–H and O–H groups in total. The van der Waals surface area contributed by atoms with Gasteiger partial charge in [0.2, 0.25) is 0 Å². The number of carbonyl (C=O) groups is 1. The Morgan fingerprint density at radius 3 is 2.57 bits per heavy atom. The van der Waals surface area contributed by atoms with Crippen LogP contribution in [-0.2, 0) is 9.47 Å². The van der Waals surface area contributed by atoms with Crippen molar-refractivity contribution in [3.63, 3.8) is 0 Å². The molecular weight excluding hydrogens is 667 g/mol. The SMILES string of the molecule is CCCCN1CN(C2(C3=[N+](CC4OCCO4)N(c4ccc(Cl)cc4Cl)C(COc4ccccc4)N3N3CCNCC3)C=CC=CC2)C(=O)N1. The summed E-state index contributed by atoms with van der Waals surface area (Å²) < 4.78 is 21.0. The number of carbonyl (C=O) groups excluding carboxylic acids is 1. The van der Waals surface area contributed by atoms with Crippen LogP contribution in [0.25, 0.3) is 0 Å². The van der Waals surface area contributed by atoms with E-state index in [0.29, 0.717) is 42.9 Å². The molecule has 0 radical (unpaired) electrons. The standard InChI is InChI=1S/C35H44Cl2N8O4/c1-2-3-18-40-26-42(34(46)39-40)35(14-8-5-9-15-35)33-43(24-32-47-21-22-48-32)44(30-13-12-27(36)23-29(30)37)31(25-49-28-10-6-4-7-11-28)45(33)41-19-16-38-17-20-41/h4-14,23,31-32,38H,2-3,15-22,24-26H2,1H3/p+1. The van der Waals surface area contributed by atoms with E-state index in [0.717, 1.165) is 62.8 Å². The molecule has 12 nitrogen and oxygen atoms in total. The molecular formula is C35H45Cl2N8O4+. The molecule has 2 aromatic rings. The van der Waals surface area contributed by atoms with Gasteiger partial charge >= 0.3 is 11.9 Å². The van der Waals surface area contributed by atoms with Gasteiger partial charge in [0.15, 0.2) is 25.0 Å². The molecule has 49 heavy (non-hydrogen) atoms. The first-order chi connectivity index (χ1) is 24.0. The number of anilines is 1. The van der Waals surface area contributed by atoms with E-state index in [9.17, 15) is 4.79 Å². The third-order valence-corrected chi connectivity index (χ3v) is 10.0. The number of unbranched alkanes of at least 4 members (excludes halogenated alkanes) is 1. The zero-order valence-electron chi connectivity index (χ0n) is 27.8. The highest BCUT2D eigenvalue weighted by molar-refractivity contribution is 6.36. The fraction of sp³-hybridized carbons (Fsp3) is 0.486.